The molecule has 0 aliphatic rings. The van der Waals surface area contributed by atoms with Crippen molar-refractivity contribution >= 4 is 11.0 Å². The molecule has 2 aromatic rings. The molecule has 0 amide bonds. The fourth-order valence-corrected chi connectivity index (χ4v) is 0.912. The number of nitrogens with one attached hydrogen (secondary N) is 1. The van der Waals surface area contributed by atoms with Crippen LogP contribution in [0.25, 0.3) is 11.0 Å². The Morgan fingerprint density at radius 2 is 2.42 bits per heavy atom. The molecule has 0 atom stereocenters. The van der Waals surface area contributed by atoms with Crippen molar-refractivity contribution in [3.05, 3.63) is 33.9 Å². The van der Waals surface area contributed by atoms with E-state index in [-0.39, 0.29) is 10.6 Å². The van der Waals surface area contributed by atoms with Crippen LogP contribution in [0, 0.1) is 5.21 Å². The summed E-state index contributed by atoms with van der Waals surface area (Å²) in [4.78, 5) is 14.9. The minimum atomic E-state index is -0.483. The van der Waals surface area contributed by atoms with Crippen molar-refractivity contribution in [2.45, 2.75) is 0 Å². The molecule has 2 heterocycles. The summed E-state index contributed by atoms with van der Waals surface area (Å²) in [6.07, 6.45) is 1.47. The lowest BCUT2D eigenvalue weighted by Gasteiger charge is -1.92. The number of aromatic nitrogens is 4. The Kier molecular flexibility index (Phi) is 1.26. The number of hydrogen-bond acceptors (Lipinski definition) is 4. The molecule has 0 aliphatic carbocycles. The normalized spacial score (nSPS) is 10.3. The summed E-state index contributed by atoms with van der Waals surface area (Å²) in [5, 5.41) is 16.3. The van der Waals surface area contributed by atoms with Gasteiger partial charge in [-0.2, -0.15) is 0 Å². The summed E-state index contributed by atoms with van der Waals surface area (Å²) in [6.45, 7) is 0. The minimum Gasteiger partial charge on any atom is -0.571 e. The lowest BCUT2D eigenvalue weighted by Crippen LogP contribution is -2.41. The molecule has 0 radical (unpaired) electrons. The Hall–Kier alpha value is -1.98. The molecule has 0 fully saturated rings. The van der Waals surface area contributed by atoms with Gasteiger partial charge in [0, 0.05) is 11.2 Å². The molecule has 6 nitrogen and oxygen atoms in total. The fourth-order valence-electron chi connectivity index (χ4n) is 0.912. The molecule has 0 unspecified atom stereocenters. The van der Waals surface area contributed by atoms with Gasteiger partial charge in [0.15, 0.2) is 0 Å². The molecule has 0 bridgehead atoms. The van der Waals surface area contributed by atoms with E-state index < -0.39 is 5.56 Å². The van der Waals surface area contributed by atoms with Gasteiger partial charge in [0.25, 0.3) is 0 Å². The van der Waals surface area contributed by atoms with Gasteiger partial charge in [-0.25, -0.2) is 4.98 Å². The van der Waals surface area contributed by atoms with Crippen LogP contribution in [0.1, 0.15) is 0 Å². The van der Waals surface area contributed by atoms with Crippen molar-refractivity contribution in [3.63, 3.8) is 0 Å². The first-order valence-corrected chi connectivity index (χ1v) is 3.22. The first kappa shape index (κ1) is 6.71. The van der Waals surface area contributed by atoms with Crippen LogP contribution in [-0.2, 0) is 0 Å². The second-order valence-corrected chi connectivity index (χ2v) is 2.19. The van der Waals surface area contributed by atoms with E-state index in [1.165, 1.54) is 6.20 Å². The maximum absolute atomic E-state index is 11.0. The zero-order valence-electron chi connectivity index (χ0n) is 5.89. The zero-order chi connectivity index (χ0) is 8.55. The van der Waals surface area contributed by atoms with Crippen molar-refractivity contribution in [2.75, 3.05) is 0 Å². The van der Waals surface area contributed by atoms with Gasteiger partial charge in [0.05, 0.1) is 10.5 Å². The molecule has 2 rings (SSSR count). The molecule has 0 aliphatic heterocycles. The highest BCUT2D eigenvalue weighted by atomic mass is 16.5. The van der Waals surface area contributed by atoms with Crippen LogP contribution in [0.5, 0.6) is 0 Å². The Bertz CT molecular complexity index is 478. The first-order chi connectivity index (χ1) is 5.77. The second-order valence-electron chi connectivity index (χ2n) is 2.19. The summed E-state index contributed by atoms with van der Waals surface area (Å²) in [7, 11) is 0. The highest BCUT2D eigenvalue weighted by Crippen LogP contribution is 1.96. The summed E-state index contributed by atoms with van der Waals surface area (Å²) in [5.41, 5.74) is -0.334. The Labute approximate surface area is 66.0 Å². The number of fused-ring (bicyclic) bond motifs is 1. The third kappa shape index (κ3) is 0.895. The van der Waals surface area contributed by atoms with Crippen LogP contribution >= 0.6 is 0 Å². The van der Waals surface area contributed by atoms with Gasteiger partial charge in [0.1, 0.15) is 0 Å². The van der Waals surface area contributed by atoms with Gasteiger partial charge in [-0.3, -0.25) is 4.79 Å². The molecule has 0 saturated heterocycles. The third-order valence-corrected chi connectivity index (χ3v) is 1.41. The molecule has 1 N–H and O–H groups in total. The number of hydrogen-bond donors (Lipinski definition) is 1. The van der Waals surface area contributed by atoms with Gasteiger partial charge < -0.3 is 5.21 Å². The van der Waals surface area contributed by atoms with E-state index in [0.717, 1.165) is 0 Å². The number of H-pyrrole nitrogens is 1. The Morgan fingerprint density at radius 1 is 1.58 bits per heavy atom. The van der Waals surface area contributed by atoms with E-state index >= 15 is 0 Å². The van der Waals surface area contributed by atoms with E-state index in [4.69, 9.17) is 0 Å². The van der Waals surface area contributed by atoms with E-state index in [9.17, 15) is 10.0 Å². The average Bonchev–Trinajstić information content (AvgIpc) is 2.04. The molecule has 12 heavy (non-hydrogen) atoms. The van der Waals surface area contributed by atoms with Crippen molar-refractivity contribution in [2.24, 2.45) is 0 Å². The van der Waals surface area contributed by atoms with E-state index in [1.54, 1.807) is 12.1 Å². The summed E-state index contributed by atoms with van der Waals surface area (Å²) < 4.78 is 0. The molecule has 0 saturated carbocycles. The number of nitrogens with zero attached hydrogens (tertiary/aromatic N) is 3. The lowest BCUT2D eigenvalue weighted by atomic mass is 10.3. The molecule has 0 spiro atoms. The quantitative estimate of drug-likeness (QED) is 0.397. The summed E-state index contributed by atoms with van der Waals surface area (Å²) >= 11 is 0. The predicted molar refractivity (Wildman–Crippen MR) is 39.1 cm³/mol. The van der Waals surface area contributed by atoms with Crippen LogP contribution in [0.2, 0.25) is 0 Å². The maximum Gasteiger partial charge on any atom is 0.312 e. The monoisotopic (exact) mass is 164 g/mol. The summed E-state index contributed by atoms with van der Waals surface area (Å²) in [5.74, 6) is 0. The number of aromatic amines is 1. The maximum atomic E-state index is 11.0. The smallest absolute Gasteiger partial charge is 0.312 e. The standard InChI is InChI=1S/C6H4N4O2/c11-6-4-2-1-3-7-5(4)8-10(12)9-6/h1-3H,(H,7,8,9,11). The van der Waals surface area contributed by atoms with E-state index in [2.05, 4.69) is 10.1 Å². The highest BCUT2D eigenvalue weighted by molar-refractivity contribution is 5.71. The van der Waals surface area contributed by atoms with E-state index in [1.807, 2.05) is 5.10 Å². The molecule has 2 aromatic heterocycles. The average molecular weight is 164 g/mol. The van der Waals surface area contributed by atoms with Crippen LogP contribution in [0.3, 0.4) is 0 Å². The number of pyridine rings is 1. The predicted octanol–water partition coefficient (Wildman–Crippen LogP) is -1.05. The van der Waals surface area contributed by atoms with E-state index in [0.29, 0.717) is 5.39 Å². The largest absolute Gasteiger partial charge is 0.571 e. The van der Waals surface area contributed by atoms with Gasteiger partial charge in [-0.1, -0.05) is 5.10 Å². The lowest BCUT2D eigenvalue weighted by molar-refractivity contribution is -0.727. The highest BCUT2D eigenvalue weighted by Gasteiger charge is 2.03. The third-order valence-electron chi connectivity index (χ3n) is 1.41. The topological polar surface area (TPSA) is 85.6 Å². The first-order valence-electron chi connectivity index (χ1n) is 3.22. The van der Waals surface area contributed by atoms with Crippen molar-refractivity contribution in [3.8, 4) is 0 Å². The summed E-state index contributed by atoms with van der Waals surface area (Å²) in [6, 6.07) is 3.16. The SMILES string of the molecule is O=c1[nH][n+]([O-])nc2ncccc12. The van der Waals surface area contributed by atoms with Crippen LogP contribution in [-0.4, -0.2) is 15.2 Å². The molecule has 0 aromatic carbocycles. The van der Waals surface area contributed by atoms with Gasteiger partial charge in [0.2, 0.25) is 5.65 Å². The molecule has 6 heteroatoms. The van der Waals surface area contributed by atoms with Gasteiger partial charge in [-0.15, -0.1) is 0 Å². The number of rotatable bonds is 0. The van der Waals surface area contributed by atoms with Crippen molar-refractivity contribution < 1.29 is 4.96 Å². The zero-order valence-corrected chi connectivity index (χ0v) is 5.89. The minimum absolute atomic E-state index is 0.0949. The fraction of sp³-hybridized carbons (Fsp3) is 0. The molecular weight excluding hydrogens is 160 g/mol. The Morgan fingerprint density at radius 3 is 3.25 bits per heavy atom. The molecule has 60 valence electrons. The van der Waals surface area contributed by atoms with Crippen LogP contribution in [0.15, 0.2) is 23.1 Å². The Balaban J connectivity index is 2.99. The van der Waals surface area contributed by atoms with Gasteiger partial charge in [-0.05, 0) is 12.1 Å². The van der Waals surface area contributed by atoms with Crippen molar-refractivity contribution in [1.29, 1.82) is 0 Å². The second kappa shape index (κ2) is 2.26. The van der Waals surface area contributed by atoms with Crippen LogP contribution < -0.4 is 10.5 Å². The molecular formula is C6H4N4O2. The van der Waals surface area contributed by atoms with Crippen molar-refractivity contribution in [1.82, 2.24) is 15.2 Å². The van der Waals surface area contributed by atoms with Gasteiger partial charge >= 0.3 is 5.56 Å². The van der Waals surface area contributed by atoms with Crippen LogP contribution in [0.4, 0.5) is 0 Å².